The van der Waals surface area contributed by atoms with Gasteiger partial charge in [0.1, 0.15) is 5.78 Å². The Kier molecular flexibility index (Phi) is 4.51. The second-order valence-corrected chi connectivity index (χ2v) is 5.70. The van der Waals surface area contributed by atoms with Crippen molar-refractivity contribution in [3.05, 3.63) is 12.2 Å². The highest BCUT2D eigenvalue weighted by Crippen LogP contribution is 2.46. The number of allylic oxidation sites excluding steroid dienone is 1. The lowest BCUT2D eigenvalue weighted by atomic mass is 10.5. The molecule has 0 aliphatic carbocycles. The molecule has 0 saturated heterocycles. The van der Waals surface area contributed by atoms with Crippen LogP contribution in [0.25, 0.3) is 0 Å². The van der Waals surface area contributed by atoms with Gasteiger partial charge >= 0.3 is 21.1 Å². The molecule has 0 aliphatic rings. The molecule has 0 saturated carbocycles. The highest BCUT2D eigenvalue weighted by Gasteiger charge is 2.40. The third kappa shape index (κ3) is 4.90. The van der Waals surface area contributed by atoms with Gasteiger partial charge in [0.15, 0.2) is 0 Å². The molecule has 10 heteroatoms. The Hall–Kier alpha value is -0.170. The van der Waals surface area contributed by atoms with Crippen molar-refractivity contribution < 1.29 is 33.8 Å². The fourth-order valence-electron chi connectivity index (χ4n) is 0.393. The molecule has 0 aliphatic heterocycles. The molecule has 0 radical (unpaired) electrons. The number of nitrogens with two attached hydrogens (primary N) is 1. The van der Waals surface area contributed by atoms with Gasteiger partial charge in [-0.1, -0.05) is 0 Å². The first kappa shape index (κ1) is 13.8. The maximum atomic E-state index is 10.6. The molecule has 8 nitrogen and oxygen atoms in total. The zero-order valence-electron chi connectivity index (χ0n) is 6.76. The molecule has 1 unspecified atom stereocenters. The molecule has 7 N–H and O–H groups in total. The second kappa shape index (κ2) is 4.57. The minimum absolute atomic E-state index is 0.414. The van der Waals surface area contributed by atoms with Gasteiger partial charge in [-0.15, -0.1) is 0 Å². The van der Waals surface area contributed by atoms with Crippen LogP contribution < -0.4 is 5.73 Å². The SMILES string of the molecule is NC(C=CC(=O)[P+](O)(O)O)P(=O)(O)O. The predicted octanol–water partition coefficient (Wildman–Crippen LogP) is -1.73. The van der Waals surface area contributed by atoms with E-state index in [1.165, 1.54) is 0 Å². The molecule has 0 bridgehead atoms. The van der Waals surface area contributed by atoms with Crippen LogP contribution in [0.1, 0.15) is 0 Å². The molecule has 0 rings (SSSR count). The molecule has 0 spiro atoms. The van der Waals surface area contributed by atoms with Gasteiger partial charge in [-0.2, -0.15) is 14.7 Å². The van der Waals surface area contributed by atoms with Crippen molar-refractivity contribution in [3.8, 4) is 0 Å². The van der Waals surface area contributed by atoms with E-state index in [4.69, 9.17) is 30.2 Å². The van der Waals surface area contributed by atoms with E-state index in [2.05, 4.69) is 0 Å². The van der Waals surface area contributed by atoms with E-state index >= 15 is 0 Å². The normalized spacial score (nSPS) is 15.9. The molecule has 0 fully saturated rings. The van der Waals surface area contributed by atoms with Crippen LogP contribution in [0, 0.1) is 0 Å². The summed E-state index contributed by atoms with van der Waals surface area (Å²) in [5.41, 5.74) is 3.46. The Labute approximate surface area is 79.4 Å². The maximum absolute atomic E-state index is 10.6. The van der Waals surface area contributed by atoms with Crippen molar-refractivity contribution >= 4 is 21.1 Å². The van der Waals surface area contributed by atoms with Gasteiger partial charge in [0.2, 0.25) is 0 Å². The summed E-state index contributed by atoms with van der Waals surface area (Å²) in [5.74, 6) is -1.72. The van der Waals surface area contributed by atoms with Crippen LogP contribution >= 0.6 is 15.5 Å². The smallest absolute Gasteiger partial charge is 0.323 e. The monoisotopic (exact) mass is 246 g/mol. The highest BCUT2D eigenvalue weighted by atomic mass is 31.2. The lowest BCUT2D eigenvalue weighted by molar-refractivity contribution is -0.110. The lowest BCUT2D eigenvalue weighted by Gasteiger charge is -2.07. The van der Waals surface area contributed by atoms with Crippen molar-refractivity contribution in [1.29, 1.82) is 0 Å². The van der Waals surface area contributed by atoms with Crippen molar-refractivity contribution in [1.82, 2.24) is 0 Å². The summed E-state index contributed by atoms with van der Waals surface area (Å²) in [6.45, 7) is 0. The molecule has 0 heterocycles. The van der Waals surface area contributed by atoms with Crippen molar-refractivity contribution in [3.63, 3.8) is 0 Å². The van der Waals surface area contributed by atoms with Crippen molar-refractivity contribution in [2.45, 2.75) is 5.78 Å². The molecule has 0 amide bonds. The van der Waals surface area contributed by atoms with E-state index in [1.807, 2.05) is 0 Å². The molecule has 1 atom stereocenters. The molecule has 82 valence electrons. The van der Waals surface area contributed by atoms with E-state index in [0.29, 0.717) is 12.2 Å². The van der Waals surface area contributed by atoms with Crippen LogP contribution in [-0.2, 0) is 9.36 Å². The Morgan fingerprint density at radius 3 is 2.07 bits per heavy atom. The van der Waals surface area contributed by atoms with Gasteiger partial charge in [0.05, 0.1) is 0 Å². The fraction of sp³-hybridized carbons (Fsp3) is 0.250. The molecular formula is C4H10NO7P2+. The van der Waals surface area contributed by atoms with Crippen LogP contribution in [0.2, 0.25) is 0 Å². The van der Waals surface area contributed by atoms with Gasteiger partial charge in [-0.25, -0.2) is 4.79 Å². The summed E-state index contributed by atoms with van der Waals surface area (Å²) < 4.78 is 10.4. The number of hydrogen-bond acceptors (Lipinski definition) is 6. The third-order valence-electron chi connectivity index (χ3n) is 1.12. The first-order valence-electron chi connectivity index (χ1n) is 3.16. The summed E-state index contributed by atoms with van der Waals surface area (Å²) in [6, 6.07) is 0. The van der Waals surface area contributed by atoms with Crippen LogP contribution in [-0.4, -0.2) is 35.8 Å². The molecule has 0 aromatic heterocycles. The van der Waals surface area contributed by atoms with E-state index < -0.39 is 26.8 Å². The molecule has 0 aromatic rings. The Morgan fingerprint density at radius 2 is 1.79 bits per heavy atom. The van der Waals surface area contributed by atoms with Gasteiger partial charge in [0, 0.05) is 6.08 Å². The molecular weight excluding hydrogens is 236 g/mol. The van der Waals surface area contributed by atoms with Gasteiger partial charge < -0.3 is 15.5 Å². The zero-order valence-corrected chi connectivity index (χ0v) is 8.55. The average Bonchev–Trinajstić information content (AvgIpc) is 1.95. The minimum Gasteiger partial charge on any atom is -0.323 e. The van der Waals surface area contributed by atoms with Crippen LogP contribution in [0.15, 0.2) is 12.2 Å². The van der Waals surface area contributed by atoms with Gasteiger partial charge in [-0.05, 0) is 6.08 Å². The lowest BCUT2D eigenvalue weighted by Crippen LogP contribution is -2.17. The Morgan fingerprint density at radius 1 is 1.36 bits per heavy atom. The number of hydrogen-bond donors (Lipinski definition) is 6. The van der Waals surface area contributed by atoms with E-state index in [-0.39, 0.29) is 0 Å². The summed E-state index contributed by atoms with van der Waals surface area (Å²) in [6.07, 6.45) is 0.998. The van der Waals surface area contributed by atoms with Crippen LogP contribution in [0.4, 0.5) is 0 Å². The van der Waals surface area contributed by atoms with Crippen LogP contribution in [0.5, 0.6) is 0 Å². The number of rotatable bonds is 4. The zero-order chi connectivity index (χ0) is 11.6. The first-order valence-corrected chi connectivity index (χ1v) is 6.49. The van der Waals surface area contributed by atoms with Gasteiger partial charge in [0.25, 0.3) is 0 Å². The molecule has 0 aromatic carbocycles. The number of carbonyl (C=O) groups excluding carboxylic acids is 1. The summed E-state index contributed by atoms with van der Waals surface area (Å²) in [7, 11) is -9.21. The quantitative estimate of drug-likeness (QED) is 0.252. The van der Waals surface area contributed by atoms with E-state index in [0.717, 1.165) is 0 Å². The third-order valence-corrected chi connectivity index (χ3v) is 2.81. The number of carbonyl (C=O) groups is 1. The van der Waals surface area contributed by atoms with E-state index in [1.54, 1.807) is 0 Å². The summed E-state index contributed by atoms with van der Waals surface area (Å²) >= 11 is 0. The van der Waals surface area contributed by atoms with Gasteiger partial charge in [-0.3, -0.25) is 4.57 Å². The average molecular weight is 246 g/mol. The Bertz CT molecular complexity index is 289. The predicted molar refractivity (Wildman–Crippen MR) is 47.7 cm³/mol. The van der Waals surface area contributed by atoms with Crippen LogP contribution in [0.3, 0.4) is 0 Å². The first-order chi connectivity index (χ1) is 6.05. The fourth-order valence-corrected chi connectivity index (χ4v) is 0.989. The largest absolute Gasteiger partial charge is 0.483 e. The standard InChI is InChI=1S/C4H9NO7P2/c5-3(13(7,8)9)1-2-4(6)14(10,11)12/h1-3,10-12H,5H2,(H-,7,8,9)/p+1. The summed E-state index contributed by atoms with van der Waals surface area (Å²) in [4.78, 5) is 52.7. The van der Waals surface area contributed by atoms with Crippen molar-refractivity contribution in [2.24, 2.45) is 5.73 Å². The van der Waals surface area contributed by atoms with E-state index in [9.17, 15) is 9.36 Å². The highest BCUT2D eigenvalue weighted by molar-refractivity contribution is 7.76. The topological polar surface area (TPSA) is 161 Å². The minimum atomic E-state index is -4.65. The molecule has 14 heavy (non-hydrogen) atoms. The van der Waals surface area contributed by atoms with Crippen molar-refractivity contribution in [2.75, 3.05) is 0 Å². The maximum Gasteiger partial charge on any atom is 0.483 e. The summed E-state index contributed by atoms with van der Waals surface area (Å²) in [5, 5.41) is 0. The Balaban J connectivity index is 4.48. The second-order valence-electron chi connectivity index (χ2n) is 2.35.